The number of hydrogen-bond donors (Lipinski definition) is 1. The highest BCUT2D eigenvalue weighted by Gasteiger charge is 2.23. The third kappa shape index (κ3) is 3.56. The van der Waals surface area contributed by atoms with E-state index >= 15 is 0 Å². The Morgan fingerprint density at radius 2 is 1.81 bits per heavy atom. The highest BCUT2D eigenvalue weighted by atomic mass is 35.5. The van der Waals surface area contributed by atoms with Gasteiger partial charge in [-0.25, -0.2) is 0 Å². The van der Waals surface area contributed by atoms with Gasteiger partial charge in [0.2, 0.25) is 0 Å². The molecule has 0 spiro atoms. The maximum Gasteiger partial charge on any atom is 0.323 e. The van der Waals surface area contributed by atoms with E-state index in [1.54, 1.807) is 42.1 Å². The van der Waals surface area contributed by atoms with Gasteiger partial charge >= 0.3 is 5.97 Å². The van der Waals surface area contributed by atoms with Crippen LogP contribution < -0.4 is 4.90 Å². The summed E-state index contributed by atoms with van der Waals surface area (Å²) in [6, 6.07) is 7.87. The number of halogens is 2. The highest BCUT2D eigenvalue weighted by molar-refractivity contribution is 6.31. The van der Waals surface area contributed by atoms with Crippen molar-refractivity contribution in [2.45, 2.75) is 0 Å². The van der Waals surface area contributed by atoms with Crippen LogP contribution in [0.2, 0.25) is 10.0 Å². The lowest BCUT2D eigenvalue weighted by Gasteiger charge is -2.21. The fourth-order valence-corrected chi connectivity index (χ4v) is 2.29. The van der Waals surface area contributed by atoms with Crippen molar-refractivity contribution < 1.29 is 14.7 Å². The fourth-order valence-electron chi connectivity index (χ4n) is 1.91. The molecule has 1 aromatic carbocycles. The van der Waals surface area contributed by atoms with Crippen molar-refractivity contribution in [2.75, 3.05) is 11.4 Å². The van der Waals surface area contributed by atoms with Gasteiger partial charge in [-0.2, -0.15) is 0 Å². The highest BCUT2D eigenvalue weighted by Crippen LogP contribution is 2.21. The lowest BCUT2D eigenvalue weighted by atomic mass is 10.2. The summed E-state index contributed by atoms with van der Waals surface area (Å²) in [5.74, 6) is -1.56. The maximum atomic E-state index is 12.6. The van der Waals surface area contributed by atoms with Gasteiger partial charge in [0.1, 0.15) is 12.2 Å². The van der Waals surface area contributed by atoms with E-state index < -0.39 is 18.4 Å². The zero-order valence-electron chi connectivity index (χ0n) is 11.1. The smallest absolute Gasteiger partial charge is 0.323 e. The second-order valence-electron chi connectivity index (χ2n) is 4.42. The second-order valence-corrected chi connectivity index (χ2v) is 5.29. The maximum absolute atomic E-state index is 12.6. The minimum absolute atomic E-state index is 0.302. The van der Waals surface area contributed by atoms with Crippen LogP contribution in [0, 0.1) is 0 Å². The van der Waals surface area contributed by atoms with Gasteiger partial charge in [0.05, 0.1) is 5.02 Å². The molecule has 0 unspecified atom stereocenters. The Balaban J connectivity index is 2.40. The monoisotopic (exact) mass is 326 g/mol. The molecule has 0 saturated heterocycles. The summed E-state index contributed by atoms with van der Waals surface area (Å²) in [5, 5.41) is 9.93. The quantitative estimate of drug-likeness (QED) is 0.939. The molecule has 0 atom stereocenters. The Morgan fingerprint density at radius 1 is 1.19 bits per heavy atom. The van der Waals surface area contributed by atoms with Gasteiger partial charge in [0.25, 0.3) is 5.91 Å². The molecule has 1 aromatic heterocycles. The van der Waals surface area contributed by atoms with Crippen molar-refractivity contribution >= 4 is 40.8 Å². The molecule has 110 valence electrons. The number of rotatable bonds is 4. The lowest BCUT2D eigenvalue weighted by Crippen LogP contribution is -2.36. The number of hydrogen-bond acceptors (Lipinski definition) is 2. The fraction of sp³-hybridized carbons (Fsp3) is 0.143. The van der Waals surface area contributed by atoms with Gasteiger partial charge in [-0.3, -0.25) is 14.5 Å². The number of amides is 1. The van der Waals surface area contributed by atoms with E-state index in [2.05, 4.69) is 0 Å². The van der Waals surface area contributed by atoms with Crippen molar-refractivity contribution in [3.8, 4) is 0 Å². The summed E-state index contributed by atoms with van der Waals surface area (Å²) in [4.78, 5) is 24.7. The SMILES string of the molecule is Cn1cc(Cl)cc1C(=O)N(CC(=O)O)c1ccc(Cl)cc1. The van der Waals surface area contributed by atoms with Crippen LogP contribution in [0.3, 0.4) is 0 Å². The molecule has 7 heteroatoms. The van der Waals surface area contributed by atoms with Crippen molar-refractivity contribution in [1.29, 1.82) is 0 Å². The van der Waals surface area contributed by atoms with Crippen LogP contribution in [-0.2, 0) is 11.8 Å². The summed E-state index contributed by atoms with van der Waals surface area (Å²) >= 11 is 11.7. The number of aliphatic carboxylic acids is 1. The van der Waals surface area contributed by atoms with Crippen molar-refractivity contribution in [3.05, 3.63) is 52.3 Å². The van der Waals surface area contributed by atoms with E-state index in [-0.39, 0.29) is 0 Å². The number of aryl methyl sites for hydroxylation is 1. The van der Waals surface area contributed by atoms with E-state index in [9.17, 15) is 9.59 Å². The minimum Gasteiger partial charge on any atom is -0.480 e. The molecule has 0 bridgehead atoms. The topological polar surface area (TPSA) is 62.5 Å². The molecular weight excluding hydrogens is 315 g/mol. The lowest BCUT2D eigenvalue weighted by molar-refractivity contribution is -0.135. The summed E-state index contributed by atoms with van der Waals surface area (Å²) in [5.41, 5.74) is 0.750. The van der Waals surface area contributed by atoms with Gasteiger partial charge in [0, 0.05) is 24.0 Å². The number of carbonyl (C=O) groups excluding carboxylic acids is 1. The van der Waals surface area contributed by atoms with Crippen LogP contribution in [0.15, 0.2) is 36.5 Å². The molecule has 0 aliphatic rings. The molecular formula is C14H12Cl2N2O3. The summed E-state index contributed by atoms with van der Waals surface area (Å²) in [7, 11) is 1.67. The Morgan fingerprint density at radius 3 is 2.29 bits per heavy atom. The molecule has 1 N–H and O–H groups in total. The van der Waals surface area contributed by atoms with E-state index in [0.717, 1.165) is 4.90 Å². The standard InChI is InChI=1S/C14H12Cl2N2O3/c1-17-7-10(16)6-12(17)14(21)18(8-13(19)20)11-4-2-9(15)3-5-11/h2-7H,8H2,1H3,(H,19,20). The van der Waals surface area contributed by atoms with Crippen LogP contribution >= 0.6 is 23.2 Å². The van der Waals surface area contributed by atoms with E-state index in [1.165, 1.54) is 6.07 Å². The predicted molar refractivity (Wildman–Crippen MR) is 81.2 cm³/mol. The van der Waals surface area contributed by atoms with Crippen LogP contribution in [0.4, 0.5) is 5.69 Å². The summed E-state index contributed by atoms with van der Waals surface area (Å²) < 4.78 is 1.55. The van der Waals surface area contributed by atoms with Crippen LogP contribution in [0.1, 0.15) is 10.5 Å². The van der Waals surface area contributed by atoms with Gasteiger partial charge in [0.15, 0.2) is 0 Å². The molecule has 2 rings (SSSR count). The van der Waals surface area contributed by atoms with Crippen LogP contribution in [0.5, 0.6) is 0 Å². The number of anilines is 1. The van der Waals surface area contributed by atoms with E-state index in [4.69, 9.17) is 28.3 Å². The molecule has 2 aromatic rings. The largest absolute Gasteiger partial charge is 0.480 e. The van der Waals surface area contributed by atoms with E-state index in [1.807, 2.05) is 0 Å². The van der Waals surface area contributed by atoms with Gasteiger partial charge < -0.3 is 9.67 Å². The van der Waals surface area contributed by atoms with Gasteiger partial charge in [-0.05, 0) is 30.3 Å². The zero-order chi connectivity index (χ0) is 15.6. The molecule has 21 heavy (non-hydrogen) atoms. The predicted octanol–water partition coefficient (Wildman–Crippen LogP) is 3.06. The summed E-state index contributed by atoms with van der Waals surface area (Å²) in [6.45, 7) is -0.455. The first-order chi connectivity index (χ1) is 9.88. The molecule has 0 fully saturated rings. The third-order valence-corrected chi connectivity index (χ3v) is 3.33. The average Bonchev–Trinajstić information content (AvgIpc) is 2.75. The van der Waals surface area contributed by atoms with Gasteiger partial charge in [-0.1, -0.05) is 23.2 Å². The molecule has 0 aliphatic heterocycles. The number of carbonyl (C=O) groups is 2. The first kappa shape index (κ1) is 15.4. The van der Waals surface area contributed by atoms with Crippen molar-refractivity contribution in [3.63, 3.8) is 0 Å². The molecule has 1 heterocycles. The Bertz CT molecular complexity index is 680. The average molecular weight is 327 g/mol. The number of aromatic nitrogens is 1. The number of carboxylic acid groups (broad SMARTS) is 1. The van der Waals surface area contributed by atoms with Crippen LogP contribution in [-0.4, -0.2) is 28.1 Å². The Kier molecular flexibility index (Phi) is 4.55. The molecule has 0 radical (unpaired) electrons. The normalized spacial score (nSPS) is 10.4. The van der Waals surface area contributed by atoms with Crippen LogP contribution in [0.25, 0.3) is 0 Å². The zero-order valence-corrected chi connectivity index (χ0v) is 12.6. The molecule has 0 saturated carbocycles. The van der Waals surface area contributed by atoms with Gasteiger partial charge in [-0.15, -0.1) is 0 Å². The van der Waals surface area contributed by atoms with E-state index in [0.29, 0.717) is 21.4 Å². The molecule has 0 aliphatic carbocycles. The second kappa shape index (κ2) is 6.20. The first-order valence-electron chi connectivity index (χ1n) is 5.99. The van der Waals surface area contributed by atoms with Crippen molar-refractivity contribution in [1.82, 2.24) is 4.57 Å². The number of nitrogens with zero attached hydrogens (tertiary/aromatic N) is 2. The third-order valence-electron chi connectivity index (χ3n) is 2.87. The molecule has 5 nitrogen and oxygen atoms in total. The number of benzene rings is 1. The Labute approximate surface area is 131 Å². The molecule has 1 amide bonds. The Hall–Kier alpha value is -1.98. The number of carboxylic acids is 1. The summed E-state index contributed by atoms with van der Waals surface area (Å²) in [6.07, 6.45) is 1.58. The first-order valence-corrected chi connectivity index (χ1v) is 6.75. The minimum atomic E-state index is -1.11. The van der Waals surface area contributed by atoms with Crippen molar-refractivity contribution in [2.24, 2.45) is 7.05 Å².